The first kappa shape index (κ1) is 38.7. The molecule has 1 amide bonds. The Morgan fingerprint density at radius 2 is 1.57 bits per heavy atom. The van der Waals surface area contributed by atoms with Crippen molar-refractivity contribution >= 4 is 29.5 Å². The number of aliphatic carboxylic acids is 3. The summed E-state index contributed by atoms with van der Waals surface area (Å²) in [6.45, 7) is 6.87. The van der Waals surface area contributed by atoms with E-state index >= 15 is 0 Å². The highest BCUT2D eigenvalue weighted by molar-refractivity contribution is 5.93. The Balaban J connectivity index is 1.61. The largest absolute Gasteiger partial charge is 0.480 e. The molecule has 14 heteroatoms. The fourth-order valence-electron chi connectivity index (χ4n) is 6.04. The van der Waals surface area contributed by atoms with Gasteiger partial charge in [0.2, 0.25) is 0 Å². The van der Waals surface area contributed by atoms with Crippen molar-refractivity contribution in [3.05, 3.63) is 84.6 Å². The number of carboxylic acid groups (broad SMARTS) is 3. The first-order valence-corrected chi connectivity index (χ1v) is 16.4. The third-order valence-corrected chi connectivity index (χ3v) is 8.18. The zero-order chi connectivity index (χ0) is 35.6. The molecule has 4 N–H and O–H groups in total. The number of aliphatic imine (C=N–C) groups is 1. The molecule has 1 aliphatic rings. The maximum absolute atomic E-state index is 13.0. The van der Waals surface area contributed by atoms with Crippen LogP contribution in [-0.2, 0) is 27.3 Å². The minimum Gasteiger partial charge on any atom is -0.480 e. The third kappa shape index (κ3) is 14.1. The highest BCUT2D eigenvalue weighted by Gasteiger charge is 2.36. The number of hydrogen-bond donors (Lipinski definition) is 4. The van der Waals surface area contributed by atoms with Crippen LogP contribution in [0.3, 0.4) is 0 Å². The molecule has 49 heavy (non-hydrogen) atoms. The zero-order valence-corrected chi connectivity index (χ0v) is 28.0. The number of amides is 1. The molecule has 0 aromatic carbocycles. The molecule has 1 saturated carbocycles. The lowest BCUT2D eigenvalue weighted by molar-refractivity contribution is -0.146. The molecule has 2 unspecified atom stereocenters. The molecule has 3 rings (SSSR count). The third-order valence-electron chi connectivity index (χ3n) is 8.18. The lowest BCUT2D eigenvalue weighted by Gasteiger charge is -2.43. The van der Waals surface area contributed by atoms with Crippen molar-refractivity contribution in [1.82, 2.24) is 30.0 Å². The highest BCUT2D eigenvalue weighted by atomic mass is 16.4. The van der Waals surface area contributed by atoms with Crippen LogP contribution >= 0.6 is 0 Å². The summed E-state index contributed by atoms with van der Waals surface area (Å²) < 4.78 is 0. The topological polar surface area (TPSA) is 189 Å². The molecule has 14 nitrogen and oxygen atoms in total. The van der Waals surface area contributed by atoms with Crippen LogP contribution in [0.5, 0.6) is 0 Å². The van der Waals surface area contributed by atoms with Gasteiger partial charge in [0.15, 0.2) is 0 Å². The van der Waals surface area contributed by atoms with Crippen LogP contribution in [0, 0.1) is 0 Å². The predicted octanol–water partition coefficient (Wildman–Crippen LogP) is 2.58. The molecule has 0 saturated heterocycles. The summed E-state index contributed by atoms with van der Waals surface area (Å²) in [7, 11) is 0. The van der Waals surface area contributed by atoms with Crippen molar-refractivity contribution in [1.29, 1.82) is 0 Å². The van der Waals surface area contributed by atoms with Gasteiger partial charge in [0.1, 0.15) is 0 Å². The molecule has 0 bridgehead atoms. The molecule has 0 spiro atoms. The van der Waals surface area contributed by atoms with E-state index in [9.17, 15) is 34.5 Å². The highest BCUT2D eigenvalue weighted by Crippen LogP contribution is 2.27. The summed E-state index contributed by atoms with van der Waals surface area (Å²) in [6, 6.07) is 8.41. The number of allylic oxidation sites excluding steroid dienone is 2. The number of nitrogens with one attached hydrogen (secondary N) is 1. The van der Waals surface area contributed by atoms with Gasteiger partial charge in [-0.2, -0.15) is 0 Å². The summed E-state index contributed by atoms with van der Waals surface area (Å²) >= 11 is 0. The Morgan fingerprint density at radius 1 is 0.898 bits per heavy atom. The van der Waals surface area contributed by atoms with Gasteiger partial charge in [-0.05, 0) is 50.1 Å². The second kappa shape index (κ2) is 20.5. The summed E-state index contributed by atoms with van der Waals surface area (Å²) in [4.78, 5) is 66.4. The number of carboxylic acids is 3. The molecular weight excluding hydrogens is 630 g/mol. The van der Waals surface area contributed by atoms with Gasteiger partial charge in [-0.3, -0.25) is 48.8 Å². The molecule has 0 aliphatic heterocycles. The lowest BCUT2D eigenvalue weighted by atomic mass is 9.87. The average molecular weight is 678 g/mol. The van der Waals surface area contributed by atoms with E-state index in [1.165, 1.54) is 11.1 Å². The average Bonchev–Trinajstić information content (AvgIpc) is 3.06. The number of hydrogen-bond acceptors (Lipinski definition) is 10. The molecular formula is C35H47N7O7. The fraction of sp³-hybridized carbons (Fsp3) is 0.457. The minimum atomic E-state index is -1.14. The minimum absolute atomic E-state index is 0.273. The molecule has 0 radical (unpaired) electrons. The van der Waals surface area contributed by atoms with Gasteiger partial charge in [-0.1, -0.05) is 31.6 Å². The van der Waals surface area contributed by atoms with Crippen LogP contribution in [0.1, 0.15) is 54.4 Å². The quantitative estimate of drug-likeness (QED) is 0.112. The summed E-state index contributed by atoms with van der Waals surface area (Å²) in [5.74, 6) is -3.58. The van der Waals surface area contributed by atoms with Gasteiger partial charge in [-0.15, -0.1) is 0 Å². The Bertz CT molecular complexity index is 1430. The van der Waals surface area contributed by atoms with Gasteiger partial charge in [-0.25, -0.2) is 0 Å². The SMILES string of the molecule is C=C/C=C\N=C(C)CN(CCNC(=O)c1ccc(CCN(CC(=O)O)C2CCCCC2N(CC(=O)O)CC(=O)O)nc1)Cc1ccccn1. The first-order chi connectivity index (χ1) is 23.5. The van der Waals surface area contributed by atoms with Gasteiger partial charge in [0.25, 0.3) is 5.91 Å². The molecule has 2 aromatic rings. The summed E-state index contributed by atoms with van der Waals surface area (Å²) in [5.41, 5.74) is 2.86. The van der Waals surface area contributed by atoms with Crippen molar-refractivity contribution in [3.8, 4) is 0 Å². The van der Waals surface area contributed by atoms with Crippen LogP contribution in [0.4, 0.5) is 0 Å². The van der Waals surface area contributed by atoms with E-state index in [4.69, 9.17) is 0 Å². The number of aromatic nitrogens is 2. The van der Waals surface area contributed by atoms with Crippen LogP contribution in [0.2, 0.25) is 0 Å². The second-order valence-corrected chi connectivity index (χ2v) is 12.0. The Morgan fingerprint density at radius 3 is 2.16 bits per heavy atom. The van der Waals surface area contributed by atoms with Crippen molar-refractivity contribution in [2.75, 3.05) is 45.8 Å². The van der Waals surface area contributed by atoms with Crippen molar-refractivity contribution in [2.45, 2.75) is 57.7 Å². The van der Waals surface area contributed by atoms with Crippen LogP contribution in [-0.4, -0.2) is 127 Å². The van der Waals surface area contributed by atoms with E-state index in [1.54, 1.807) is 41.6 Å². The molecule has 1 fully saturated rings. The maximum Gasteiger partial charge on any atom is 0.317 e. The summed E-state index contributed by atoms with van der Waals surface area (Å²) in [6.07, 6.45) is 11.6. The van der Waals surface area contributed by atoms with E-state index in [0.29, 0.717) is 63.2 Å². The zero-order valence-electron chi connectivity index (χ0n) is 28.0. The van der Waals surface area contributed by atoms with E-state index in [-0.39, 0.29) is 18.5 Å². The summed E-state index contributed by atoms with van der Waals surface area (Å²) in [5, 5.41) is 31.4. The molecule has 2 atom stereocenters. The number of pyridine rings is 2. The monoisotopic (exact) mass is 677 g/mol. The van der Waals surface area contributed by atoms with Gasteiger partial charge >= 0.3 is 17.9 Å². The van der Waals surface area contributed by atoms with E-state index in [0.717, 1.165) is 24.2 Å². The van der Waals surface area contributed by atoms with Crippen LogP contribution in [0.15, 0.2) is 72.6 Å². The molecule has 1 aliphatic carbocycles. The Labute approximate surface area is 286 Å². The van der Waals surface area contributed by atoms with Gasteiger partial charge < -0.3 is 20.6 Å². The fourth-order valence-corrected chi connectivity index (χ4v) is 6.04. The standard InChI is InChI=1S/C35H47N7O7/c1-3-4-15-36-26(2)21-40(22-29-9-7-8-16-37-29)19-17-38-35(49)27-12-13-28(39-20-27)14-18-41(23-32(43)44)30-10-5-6-11-31(30)42(24-33(45)46)25-34(47)48/h3-4,7-9,12-13,15-16,20,30-31H,1,5-6,10-11,14,17-19,21-25H2,2H3,(H,38,49)(H,43,44)(H,45,46)(H,47,48)/b15-4-,36-26?. The first-order valence-electron chi connectivity index (χ1n) is 16.4. The maximum atomic E-state index is 13.0. The Kier molecular flexibility index (Phi) is 16.2. The lowest BCUT2D eigenvalue weighted by Crippen LogP contribution is -2.56. The number of carbonyl (C=O) groups excluding carboxylic acids is 1. The van der Waals surface area contributed by atoms with Gasteiger partial charge in [0.05, 0.1) is 30.9 Å². The molecule has 2 aromatic heterocycles. The number of carbonyl (C=O) groups is 4. The van der Waals surface area contributed by atoms with Crippen molar-refractivity contribution < 1.29 is 34.5 Å². The van der Waals surface area contributed by atoms with Crippen LogP contribution in [0.25, 0.3) is 0 Å². The normalized spacial score (nSPS) is 16.7. The number of rotatable bonds is 21. The predicted molar refractivity (Wildman–Crippen MR) is 184 cm³/mol. The van der Waals surface area contributed by atoms with E-state index in [2.05, 4.69) is 31.8 Å². The van der Waals surface area contributed by atoms with E-state index in [1.807, 2.05) is 25.1 Å². The number of nitrogens with zero attached hydrogens (tertiary/aromatic N) is 6. The Hall–Kier alpha value is -4.79. The smallest absolute Gasteiger partial charge is 0.317 e. The second-order valence-electron chi connectivity index (χ2n) is 12.0. The van der Waals surface area contributed by atoms with Gasteiger partial charge in [0, 0.05) is 81.2 Å². The van der Waals surface area contributed by atoms with E-state index < -0.39 is 37.0 Å². The molecule has 264 valence electrons. The van der Waals surface area contributed by atoms with Crippen molar-refractivity contribution in [2.24, 2.45) is 4.99 Å². The van der Waals surface area contributed by atoms with Crippen LogP contribution < -0.4 is 5.32 Å². The molecule has 2 heterocycles. The van der Waals surface area contributed by atoms with Crippen molar-refractivity contribution in [3.63, 3.8) is 0 Å².